The number of carbonyl (C=O) groups is 2. The van der Waals surface area contributed by atoms with Gasteiger partial charge < -0.3 is 10.2 Å². The van der Waals surface area contributed by atoms with Gasteiger partial charge in [-0.1, -0.05) is 28.1 Å². The molecule has 2 unspecified atom stereocenters. The lowest BCUT2D eigenvalue weighted by atomic mass is 10.2. The largest absolute Gasteiger partial charge is 0.315 e. The van der Waals surface area contributed by atoms with Gasteiger partial charge in [0.2, 0.25) is 11.8 Å². The van der Waals surface area contributed by atoms with Crippen LogP contribution < -0.4 is 5.32 Å². The highest BCUT2D eigenvalue weighted by atomic mass is 79.9. The summed E-state index contributed by atoms with van der Waals surface area (Å²) in [6.45, 7) is 2.61. The number of nitrogens with one attached hydrogen (secondary N) is 1. The Balaban J connectivity index is 1.48. The minimum atomic E-state index is -0.420. The van der Waals surface area contributed by atoms with Crippen LogP contribution in [0.2, 0.25) is 0 Å². The summed E-state index contributed by atoms with van der Waals surface area (Å²) in [4.78, 5) is 26.6. The number of hydrogen-bond donors (Lipinski definition) is 1. The van der Waals surface area contributed by atoms with Gasteiger partial charge in [0.1, 0.15) is 11.9 Å². The van der Waals surface area contributed by atoms with Crippen molar-refractivity contribution in [1.82, 2.24) is 14.7 Å². The number of benzene rings is 1. The Hall–Kier alpha value is -1.80. The number of fused-ring (bicyclic) bond motifs is 1. The number of anilines is 1. The Morgan fingerprint density at radius 1 is 1.38 bits per heavy atom. The zero-order chi connectivity index (χ0) is 18.3. The molecule has 0 saturated carbocycles. The fraction of sp³-hybridized carbons (Fsp3) is 0.389. The zero-order valence-electron chi connectivity index (χ0n) is 14.3. The van der Waals surface area contributed by atoms with Crippen LogP contribution in [0.4, 0.5) is 5.82 Å². The topological polar surface area (TPSA) is 67.2 Å². The van der Waals surface area contributed by atoms with Crippen LogP contribution in [0.3, 0.4) is 0 Å². The first-order valence-electron chi connectivity index (χ1n) is 8.49. The summed E-state index contributed by atoms with van der Waals surface area (Å²) in [7, 11) is 0. The third-order valence-corrected chi connectivity index (χ3v) is 6.99. The average Bonchev–Trinajstić information content (AvgIpc) is 3.26. The van der Waals surface area contributed by atoms with Gasteiger partial charge in [0.05, 0.1) is 17.6 Å². The van der Waals surface area contributed by atoms with Crippen LogP contribution in [0.1, 0.15) is 25.3 Å². The van der Waals surface area contributed by atoms with Crippen molar-refractivity contribution >= 4 is 45.3 Å². The Bertz CT molecular complexity index is 853. The molecule has 0 radical (unpaired) electrons. The molecule has 0 spiro atoms. The van der Waals surface area contributed by atoms with Crippen LogP contribution in [0.25, 0.3) is 0 Å². The molecule has 1 aromatic carbocycles. The van der Waals surface area contributed by atoms with E-state index < -0.39 is 6.04 Å². The maximum Gasteiger partial charge on any atom is 0.249 e. The van der Waals surface area contributed by atoms with Gasteiger partial charge in [0.25, 0.3) is 0 Å². The number of hydrogen-bond acceptors (Lipinski definition) is 4. The van der Waals surface area contributed by atoms with Crippen LogP contribution in [-0.4, -0.2) is 43.2 Å². The van der Waals surface area contributed by atoms with E-state index in [0.29, 0.717) is 24.5 Å². The lowest BCUT2D eigenvalue weighted by Crippen LogP contribution is -2.48. The smallest absolute Gasteiger partial charge is 0.249 e. The van der Waals surface area contributed by atoms with E-state index in [1.54, 1.807) is 33.6 Å². The van der Waals surface area contributed by atoms with Crippen LogP contribution in [0.5, 0.6) is 0 Å². The molecule has 2 aromatic rings. The average molecular weight is 435 g/mol. The fourth-order valence-electron chi connectivity index (χ4n) is 3.55. The molecule has 6 nitrogen and oxygen atoms in total. The Morgan fingerprint density at radius 3 is 2.92 bits per heavy atom. The summed E-state index contributed by atoms with van der Waals surface area (Å²) in [5, 5.41) is 7.27. The fourth-order valence-corrected chi connectivity index (χ4v) is 5.25. The maximum absolute atomic E-state index is 12.8. The number of aromatic nitrogens is 2. The lowest BCUT2D eigenvalue weighted by Gasteiger charge is -2.29. The van der Waals surface area contributed by atoms with Gasteiger partial charge in [0.15, 0.2) is 0 Å². The van der Waals surface area contributed by atoms with Crippen molar-refractivity contribution < 1.29 is 9.59 Å². The van der Waals surface area contributed by atoms with Crippen LogP contribution in [0, 0.1) is 0 Å². The number of amides is 2. The SMILES string of the molecule is CC12CCC(=O)N1C(C(=O)Nc1ccnn1Cc1ccc(Br)cc1)CS2. The number of halogens is 1. The lowest BCUT2D eigenvalue weighted by molar-refractivity contribution is -0.135. The van der Waals surface area contributed by atoms with Gasteiger partial charge in [-0.3, -0.25) is 9.59 Å². The molecule has 1 N–H and O–H groups in total. The number of nitrogens with zero attached hydrogens (tertiary/aromatic N) is 3. The van der Waals surface area contributed by atoms with E-state index in [1.165, 1.54) is 0 Å². The summed E-state index contributed by atoms with van der Waals surface area (Å²) < 4.78 is 2.78. The molecule has 4 rings (SSSR count). The molecule has 0 bridgehead atoms. The molecule has 1 aromatic heterocycles. The van der Waals surface area contributed by atoms with Crippen LogP contribution >= 0.6 is 27.7 Å². The van der Waals surface area contributed by atoms with Gasteiger partial charge in [0, 0.05) is 22.7 Å². The molecule has 2 saturated heterocycles. The van der Waals surface area contributed by atoms with E-state index in [9.17, 15) is 9.59 Å². The molecule has 2 amide bonds. The van der Waals surface area contributed by atoms with Crippen molar-refractivity contribution in [2.45, 2.75) is 37.2 Å². The van der Waals surface area contributed by atoms with Crippen molar-refractivity contribution in [3.05, 3.63) is 46.6 Å². The first-order chi connectivity index (χ1) is 12.5. The highest BCUT2D eigenvalue weighted by Crippen LogP contribution is 2.47. The Labute approximate surface area is 164 Å². The molecule has 2 fully saturated rings. The molecule has 2 atom stereocenters. The second kappa shape index (κ2) is 6.74. The predicted octanol–water partition coefficient (Wildman–Crippen LogP) is 3.09. The van der Waals surface area contributed by atoms with E-state index in [4.69, 9.17) is 0 Å². The van der Waals surface area contributed by atoms with Crippen molar-refractivity contribution in [3.8, 4) is 0 Å². The summed E-state index contributed by atoms with van der Waals surface area (Å²) in [6.07, 6.45) is 3.00. The van der Waals surface area contributed by atoms with E-state index in [-0.39, 0.29) is 16.7 Å². The molecular formula is C18H19BrN4O2S. The minimum Gasteiger partial charge on any atom is -0.315 e. The summed E-state index contributed by atoms with van der Waals surface area (Å²) in [5.41, 5.74) is 1.09. The molecule has 2 aliphatic rings. The quantitative estimate of drug-likeness (QED) is 0.802. The molecule has 2 aliphatic heterocycles. The summed E-state index contributed by atoms with van der Waals surface area (Å²) in [5.74, 6) is 1.20. The van der Waals surface area contributed by atoms with Gasteiger partial charge in [-0.05, 0) is 31.0 Å². The molecule has 3 heterocycles. The van der Waals surface area contributed by atoms with Crippen molar-refractivity contribution in [2.75, 3.05) is 11.1 Å². The molecular weight excluding hydrogens is 416 g/mol. The monoisotopic (exact) mass is 434 g/mol. The van der Waals surface area contributed by atoms with Crippen molar-refractivity contribution in [3.63, 3.8) is 0 Å². The second-order valence-corrected chi connectivity index (χ2v) is 9.17. The number of rotatable bonds is 4. The first-order valence-corrected chi connectivity index (χ1v) is 10.3. The summed E-state index contributed by atoms with van der Waals surface area (Å²) in [6, 6.07) is 9.35. The second-order valence-electron chi connectivity index (χ2n) is 6.76. The zero-order valence-corrected chi connectivity index (χ0v) is 16.7. The van der Waals surface area contributed by atoms with Crippen molar-refractivity contribution in [1.29, 1.82) is 0 Å². The number of thioether (sulfide) groups is 1. The maximum atomic E-state index is 12.8. The van der Waals surface area contributed by atoms with Gasteiger partial charge in [-0.15, -0.1) is 11.8 Å². The predicted molar refractivity (Wildman–Crippen MR) is 105 cm³/mol. The van der Waals surface area contributed by atoms with Crippen molar-refractivity contribution in [2.24, 2.45) is 0 Å². The third-order valence-electron chi connectivity index (χ3n) is 4.96. The normalized spacial score (nSPS) is 24.8. The minimum absolute atomic E-state index is 0.0704. The van der Waals surface area contributed by atoms with E-state index >= 15 is 0 Å². The van der Waals surface area contributed by atoms with Gasteiger partial charge in [-0.2, -0.15) is 5.10 Å². The standard InChI is InChI=1S/C18H19BrN4O2S/c1-18-8-6-16(24)23(18)14(11-26-18)17(25)21-15-7-9-20-22(15)10-12-2-4-13(19)5-3-12/h2-5,7,9,14H,6,8,10-11H2,1H3,(H,21,25). The van der Waals surface area contributed by atoms with E-state index in [0.717, 1.165) is 16.5 Å². The molecule has 26 heavy (non-hydrogen) atoms. The molecule has 0 aliphatic carbocycles. The van der Waals surface area contributed by atoms with Crippen LogP contribution in [0.15, 0.2) is 41.0 Å². The Kier molecular flexibility index (Phi) is 4.56. The van der Waals surface area contributed by atoms with E-state index in [1.807, 2.05) is 31.2 Å². The number of carbonyl (C=O) groups excluding carboxylic acids is 2. The van der Waals surface area contributed by atoms with E-state index in [2.05, 4.69) is 26.3 Å². The van der Waals surface area contributed by atoms with Crippen LogP contribution in [-0.2, 0) is 16.1 Å². The van der Waals surface area contributed by atoms with Gasteiger partial charge in [-0.25, -0.2) is 4.68 Å². The van der Waals surface area contributed by atoms with Gasteiger partial charge >= 0.3 is 0 Å². The first kappa shape index (κ1) is 17.6. The highest BCUT2D eigenvalue weighted by Gasteiger charge is 2.52. The highest BCUT2D eigenvalue weighted by molar-refractivity contribution is 9.10. The molecule has 8 heteroatoms. The molecule has 136 valence electrons. The third kappa shape index (κ3) is 3.16. The Morgan fingerprint density at radius 2 is 2.15 bits per heavy atom. The summed E-state index contributed by atoms with van der Waals surface area (Å²) >= 11 is 5.12.